The third-order valence-electron chi connectivity index (χ3n) is 4.71. The molecule has 0 saturated heterocycles. The molecule has 2 aromatic rings. The van der Waals surface area contributed by atoms with Gasteiger partial charge in [0.05, 0.1) is 12.0 Å². The molecule has 9 nitrogen and oxygen atoms in total. The summed E-state index contributed by atoms with van der Waals surface area (Å²) in [5.41, 5.74) is 0.478. The van der Waals surface area contributed by atoms with Crippen LogP contribution in [0.15, 0.2) is 42.5 Å². The Bertz CT molecular complexity index is 1010. The third kappa shape index (κ3) is 8.18. The van der Waals surface area contributed by atoms with Gasteiger partial charge in [-0.05, 0) is 48.6 Å². The van der Waals surface area contributed by atoms with E-state index in [1.165, 1.54) is 49.2 Å². The van der Waals surface area contributed by atoms with Crippen molar-refractivity contribution in [3.8, 4) is 11.5 Å². The minimum absolute atomic E-state index is 0.0703. The Morgan fingerprint density at radius 3 is 2.59 bits per heavy atom. The van der Waals surface area contributed by atoms with Gasteiger partial charge in [0.25, 0.3) is 11.6 Å². The summed E-state index contributed by atoms with van der Waals surface area (Å²) in [5, 5.41) is 16.3. The zero-order valence-corrected chi connectivity index (χ0v) is 19.4. The number of benzene rings is 2. The van der Waals surface area contributed by atoms with Gasteiger partial charge in [-0.2, -0.15) is 20.5 Å². The standard InChI is InChI=1S/C22H25F2N3O6S/c1-32-18-7-6-14(12-19(18)33-22(23)24)8-10-25-21(29)17(9-11-34-2)26-20(28)15-4-3-5-16(13-15)27(30)31/h3-7,12-13,17,22H,8-11H2,1-2H3,(H,25,29)(H,26,28). The number of nitrogens with one attached hydrogen (secondary N) is 2. The first kappa shape index (κ1) is 26.8. The van der Waals surface area contributed by atoms with Crippen molar-refractivity contribution < 1.29 is 32.8 Å². The molecule has 0 aliphatic rings. The van der Waals surface area contributed by atoms with Crippen molar-refractivity contribution in [2.75, 3.05) is 25.7 Å². The van der Waals surface area contributed by atoms with E-state index in [1.54, 1.807) is 6.07 Å². The first-order valence-electron chi connectivity index (χ1n) is 10.2. The van der Waals surface area contributed by atoms with Crippen molar-refractivity contribution in [1.82, 2.24) is 10.6 Å². The van der Waals surface area contributed by atoms with Crippen LogP contribution in [0.4, 0.5) is 14.5 Å². The van der Waals surface area contributed by atoms with Crippen LogP contribution < -0.4 is 20.1 Å². The predicted octanol–water partition coefficient (Wildman–Crippen LogP) is 3.42. The van der Waals surface area contributed by atoms with Crippen LogP contribution in [0, 0.1) is 10.1 Å². The minimum atomic E-state index is -3.00. The van der Waals surface area contributed by atoms with Crippen molar-refractivity contribution in [1.29, 1.82) is 0 Å². The van der Waals surface area contributed by atoms with Gasteiger partial charge in [0.1, 0.15) is 6.04 Å². The highest BCUT2D eigenvalue weighted by molar-refractivity contribution is 7.98. The number of methoxy groups -OCH3 is 1. The number of hydrogen-bond donors (Lipinski definition) is 2. The molecular formula is C22H25F2N3O6S. The van der Waals surface area contributed by atoms with E-state index in [-0.39, 0.29) is 29.3 Å². The molecule has 0 radical (unpaired) electrons. The molecule has 2 aromatic carbocycles. The Morgan fingerprint density at radius 2 is 1.94 bits per heavy atom. The van der Waals surface area contributed by atoms with E-state index in [0.717, 1.165) is 6.07 Å². The van der Waals surface area contributed by atoms with Crippen LogP contribution in [0.5, 0.6) is 11.5 Å². The van der Waals surface area contributed by atoms with E-state index in [4.69, 9.17) is 4.74 Å². The predicted molar refractivity (Wildman–Crippen MR) is 124 cm³/mol. The Hall–Kier alpha value is -3.41. The second-order valence-electron chi connectivity index (χ2n) is 7.02. The lowest BCUT2D eigenvalue weighted by Crippen LogP contribution is -2.47. The molecule has 0 aromatic heterocycles. The van der Waals surface area contributed by atoms with Crippen molar-refractivity contribution in [3.05, 3.63) is 63.7 Å². The molecule has 184 valence electrons. The zero-order valence-electron chi connectivity index (χ0n) is 18.6. The summed E-state index contributed by atoms with van der Waals surface area (Å²) in [6.07, 6.45) is 2.53. The number of thioether (sulfide) groups is 1. The van der Waals surface area contributed by atoms with E-state index in [2.05, 4.69) is 15.4 Å². The summed E-state index contributed by atoms with van der Waals surface area (Å²) in [6.45, 7) is -2.82. The van der Waals surface area contributed by atoms with Crippen LogP contribution in [0.2, 0.25) is 0 Å². The Kier molecular flexibility index (Phi) is 10.5. The monoisotopic (exact) mass is 497 g/mol. The van der Waals surface area contributed by atoms with Gasteiger partial charge in [-0.15, -0.1) is 0 Å². The highest BCUT2D eigenvalue weighted by Gasteiger charge is 2.22. The molecular weight excluding hydrogens is 472 g/mol. The number of rotatable bonds is 13. The lowest BCUT2D eigenvalue weighted by molar-refractivity contribution is -0.384. The molecule has 1 atom stereocenters. The summed E-state index contributed by atoms with van der Waals surface area (Å²) in [7, 11) is 1.34. The number of ether oxygens (including phenoxy) is 2. The molecule has 2 amide bonds. The summed E-state index contributed by atoms with van der Waals surface area (Å²) >= 11 is 1.50. The Balaban J connectivity index is 2.01. The lowest BCUT2D eigenvalue weighted by Gasteiger charge is -2.18. The molecule has 2 N–H and O–H groups in total. The van der Waals surface area contributed by atoms with Gasteiger partial charge >= 0.3 is 6.61 Å². The second-order valence-corrected chi connectivity index (χ2v) is 8.01. The lowest BCUT2D eigenvalue weighted by atomic mass is 10.1. The Labute approximate surface area is 199 Å². The number of nitro benzene ring substituents is 1. The quantitative estimate of drug-likeness (QED) is 0.321. The first-order chi connectivity index (χ1) is 16.2. The number of halogens is 2. The van der Waals surface area contributed by atoms with E-state index in [0.29, 0.717) is 24.2 Å². The average Bonchev–Trinajstić information content (AvgIpc) is 2.81. The molecule has 12 heteroatoms. The van der Waals surface area contributed by atoms with Crippen molar-refractivity contribution in [3.63, 3.8) is 0 Å². The summed E-state index contributed by atoms with van der Waals surface area (Å²) in [6, 6.07) is 8.94. The molecule has 0 fully saturated rings. The van der Waals surface area contributed by atoms with Crippen LogP contribution in [-0.4, -0.2) is 55.1 Å². The van der Waals surface area contributed by atoms with Gasteiger partial charge < -0.3 is 20.1 Å². The number of alkyl halides is 2. The normalized spacial score (nSPS) is 11.6. The number of carbonyl (C=O) groups is 2. The maximum Gasteiger partial charge on any atom is 0.387 e. The van der Waals surface area contributed by atoms with Crippen molar-refractivity contribution in [2.45, 2.75) is 25.5 Å². The van der Waals surface area contributed by atoms with Gasteiger partial charge in [0.15, 0.2) is 11.5 Å². The molecule has 0 heterocycles. The molecule has 0 aliphatic carbocycles. The third-order valence-corrected chi connectivity index (χ3v) is 5.35. The Morgan fingerprint density at radius 1 is 1.18 bits per heavy atom. The number of carbonyl (C=O) groups excluding carboxylic acids is 2. The number of non-ortho nitro benzene ring substituents is 1. The van der Waals surface area contributed by atoms with E-state index in [9.17, 15) is 28.5 Å². The molecule has 0 saturated carbocycles. The van der Waals surface area contributed by atoms with E-state index in [1.807, 2.05) is 6.26 Å². The number of hydrogen-bond acceptors (Lipinski definition) is 7. The first-order valence-corrected chi connectivity index (χ1v) is 11.6. The van der Waals surface area contributed by atoms with Gasteiger partial charge in [-0.25, -0.2) is 0 Å². The highest BCUT2D eigenvalue weighted by atomic mass is 32.2. The largest absolute Gasteiger partial charge is 0.493 e. The van der Waals surface area contributed by atoms with Crippen molar-refractivity contribution in [2.24, 2.45) is 0 Å². The highest BCUT2D eigenvalue weighted by Crippen LogP contribution is 2.29. The number of nitrogens with zero attached hydrogens (tertiary/aromatic N) is 1. The van der Waals surface area contributed by atoms with Gasteiger partial charge in [0.2, 0.25) is 5.91 Å². The van der Waals surface area contributed by atoms with Gasteiger partial charge in [-0.1, -0.05) is 12.1 Å². The number of nitro groups is 1. The van der Waals surface area contributed by atoms with E-state index < -0.39 is 29.4 Å². The fraction of sp³-hybridized carbons (Fsp3) is 0.364. The fourth-order valence-corrected chi connectivity index (χ4v) is 3.50. The van der Waals surface area contributed by atoms with Crippen LogP contribution >= 0.6 is 11.8 Å². The molecule has 2 rings (SSSR count). The summed E-state index contributed by atoms with van der Waals surface area (Å²) < 4.78 is 34.7. The van der Waals surface area contributed by atoms with Crippen LogP contribution in [-0.2, 0) is 11.2 Å². The molecule has 0 bridgehead atoms. The van der Waals surface area contributed by atoms with Gasteiger partial charge in [0, 0.05) is 24.2 Å². The zero-order chi connectivity index (χ0) is 25.1. The fourth-order valence-electron chi connectivity index (χ4n) is 3.02. The number of amides is 2. The minimum Gasteiger partial charge on any atom is -0.493 e. The topological polar surface area (TPSA) is 120 Å². The maximum absolute atomic E-state index is 12.7. The molecule has 1 unspecified atom stereocenters. The van der Waals surface area contributed by atoms with Crippen LogP contribution in [0.1, 0.15) is 22.3 Å². The van der Waals surface area contributed by atoms with Gasteiger partial charge in [-0.3, -0.25) is 19.7 Å². The maximum atomic E-state index is 12.7. The SMILES string of the molecule is COc1ccc(CCNC(=O)C(CCSC)NC(=O)c2cccc([N+](=O)[O-])c2)cc1OC(F)F. The van der Waals surface area contributed by atoms with Crippen LogP contribution in [0.3, 0.4) is 0 Å². The smallest absolute Gasteiger partial charge is 0.387 e. The van der Waals surface area contributed by atoms with Crippen LogP contribution in [0.25, 0.3) is 0 Å². The summed E-state index contributed by atoms with van der Waals surface area (Å²) in [5.74, 6) is -0.378. The molecule has 0 spiro atoms. The molecule has 0 aliphatic heterocycles. The second kappa shape index (κ2) is 13.3. The molecule has 34 heavy (non-hydrogen) atoms. The van der Waals surface area contributed by atoms with E-state index >= 15 is 0 Å². The van der Waals surface area contributed by atoms with Crippen molar-refractivity contribution >= 4 is 29.3 Å². The summed E-state index contributed by atoms with van der Waals surface area (Å²) in [4.78, 5) is 35.6. The average molecular weight is 498 g/mol.